The molecule has 20 heavy (non-hydrogen) atoms. The molecule has 1 fully saturated rings. The molecule has 2 unspecified atom stereocenters. The van der Waals surface area contributed by atoms with Crippen molar-refractivity contribution in [2.24, 2.45) is 11.8 Å². The first-order valence-corrected chi connectivity index (χ1v) is 8.69. The van der Waals surface area contributed by atoms with E-state index in [1.54, 1.807) is 25.1 Å². The Kier molecular flexibility index (Phi) is 5.18. The Bertz CT molecular complexity index is 542. The van der Waals surface area contributed by atoms with Crippen LogP contribution in [0.25, 0.3) is 0 Å². The molecule has 1 aliphatic rings. The van der Waals surface area contributed by atoms with Gasteiger partial charge in [0.1, 0.15) is 0 Å². The second kappa shape index (κ2) is 6.70. The maximum Gasteiger partial charge on any atom is 0.240 e. The number of hydrogen-bond donors (Lipinski definition) is 2. The van der Waals surface area contributed by atoms with E-state index in [1.807, 2.05) is 6.07 Å². The first-order chi connectivity index (χ1) is 9.54. The van der Waals surface area contributed by atoms with Gasteiger partial charge in [-0.15, -0.1) is 0 Å². The quantitative estimate of drug-likeness (QED) is 0.874. The Balaban J connectivity index is 2.04. The van der Waals surface area contributed by atoms with Crippen molar-refractivity contribution < 1.29 is 13.5 Å². The number of aliphatic hydroxyl groups is 1. The van der Waals surface area contributed by atoms with Crippen molar-refractivity contribution in [2.45, 2.75) is 37.5 Å². The zero-order valence-corrected chi connectivity index (χ0v) is 12.7. The monoisotopic (exact) mass is 297 g/mol. The van der Waals surface area contributed by atoms with E-state index < -0.39 is 10.0 Å². The molecule has 2 N–H and O–H groups in total. The van der Waals surface area contributed by atoms with Gasteiger partial charge >= 0.3 is 0 Å². The van der Waals surface area contributed by atoms with Gasteiger partial charge in [-0.2, -0.15) is 0 Å². The summed E-state index contributed by atoms with van der Waals surface area (Å²) in [5.41, 5.74) is 0.752. The highest BCUT2D eigenvalue weighted by Crippen LogP contribution is 2.29. The molecule has 0 aliphatic heterocycles. The lowest BCUT2D eigenvalue weighted by Crippen LogP contribution is -2.35. The van der Waals surface area contributed by atoms with Gasteiger partial charge in [-0.05, 0) is 43.2 Å². The summed E-state index contributed by atoms with van der Waals surface area (Å²) in [5.74, 6) is 0.468. The van der Waals surface area contributed by atoms with E-state index in [9.17, 15) is 13.5 Å². The molecule has 1 saturated carbocycles. The van der Waals surface area contributed by atoms with Crippen molar-refractivity contribution >= 4 is 10.0 Å². The van der Waals surface area contributed by atoms with E-state index in [0.717, 1.165) is 31.2 Å². The predicted molar refractivity (Wildman–Crippen MR) is 78.9 cm³/mol. The van der Waals surface area contributed by atoms with Crippen LogP contribution >= 0.6 is 0 Å². The highest BCUT2D eigenvalue weighted by molar-refractivity contribution is 7.89. The van der Waals surface area contributed by atoms with Crippen LogP contribution < -0.4 is 4.72 Å². The smallest absolute Gasteiger partial charge is 0.240 e. The lowest BCUT2D eigenvalue weighted by atomic mass is 9.80. The van der Waals surface area contributed by atoms with Gasteiger partial charge in [-0.3, -0.25) is 0 Å². The molecule has 4 nitrogen and oxygen atoms in total. The molecule has 5 heteroatoms. The molecule has 0 radical (unpaired) electrons. The summed E-state index contributed by atoms with van der Waals surface area (Å²) in [4.78, 5) is 0.344. The van der Waals surface area contributed by atoms with Crippen LogP contribution in [0.5, 0.6) is 0 Å². The molecule has 1 aliphatic carbocycles. The van der Waals surface area contributed by atoms with Crippen LogP contribution in [0.1, 0.15) is 31.2 Å². The lowest BCUT2D eigenvalue weighted by molar-refractivity contribution is 0.136. The van der Waals surface area contributed by atoms with Crippen LogP contribution in [0.2, 0.25) is 0 Å². The molecule has 1 aromatic rings. The predicted octanol–water partition coefficient (Wildman–Crippen LogP) is 2.07. The van der Waals surface area contributed by atoms with Crippen LogP contribution in [0, 0.1) is 18.8 Å². The number of sulfonamides is 1. The third kappa shape index (κ3) is 3.59. The summed E-state index contributed by atoms with van der Waals surface area (Å²) in [5, 5.41) is 9.37. The third-order valence-electron chi connectivity index (χ3n) is 4.22. The Morgan fingerprint density at radius 1 is 1.20 bits per heavy atom. The summed E-state index contributed by atoms with van der Waals surface area (Å²) >= 11 is 0. The summed E-state index contributed by atoms with van der Waals surface area (Å²) < 4.78 is 27.3. The van der Waals surface area contributed by atoms with Crippen molar-refractivity contribution in [1.82, 2.24) is 4.72 Å². The average molecular weight is 297 g/mol. The standard InChI is InChI=1S/C15H23NO3S/c1-12-6-2-5-9-15(12)20(18,19)16-10-13-7-3-4-8-14(13)11-17/h2,5-6,9,13-14,16-17H,3-4,7-8,10-11H2,1H3. The second-order valence-electron chi connectivity index (χ2n) is 5.60. The minimum Gasteiger partial charge on any atom is -0.396 e. The van der Waals surface area contributed by atoms with E-state index in [-0.39, 0.29) is 18.4 Å². The minimum absolute atomic E-state index is 0.150. The first-order valence-electron chi connectivity index (χ1n) is 7.21. The van der Waals surface area contributed by atoms with Crippen molar-refractivity contribution in [3.8, 4) is 0 Å². The van der Waals surface area contributed by atoms with E-state index in [0.29, 0.717) is 11.4 Å². The molecule has 2 atom stereocenters. The Morgan fingerprint density at radius 3 is 2.50 bits per heavy atom. The summed E-state index contributed by atoms with van der Waals surface area (Å²) in [6, 6.07) is 6.99. The van der Waals surface area contributed by atoms with Crippen LogP contribution in [-0.2, 0) is 10.0 Å². The largest absolute Gasteiger partial charge is 0.396 e. The van der Waals surface area contributed by atoms with E-state index in [2.05, 4.69) is 4.72 Å². The minimum atomic E-state index is -3.45. The van der Waals surface area contributed by atoms with Gasteiger partial charge in [0.05, 0.1) is 4.90 Å². The average Bonchev–Trinajstić information content (AvgIpc) is 2.46. The summed E-state index contributed by atoms with van der Waals surface area (Å²) in [6.07, 6.45) is 4.23. The van der Waals surface area contributed by atoms with Gasteiger partial charge in [0, 0.05) is 13.2 Å². The van der Waals surface area contributed by atoms with Crippen molar-refractivity contribution in [3.63, 3.8) is 0 Å². The molecular formula is C15H23NO3S. The second-order valence-corrected chi connectivity index (χ2v) is 7.34. The van der Waals surface area contributed by atoms with Crippen LogP contribution in [0.3, 0.4) is 0 Å². The first kappa shape index (κ1) is 15.5. The van der Waals surface area contributed by atoms with Gasteiger partial charge in [0.2, 0.25) is 10.0 Å². The highest BCUT2D eigenvalue weighted by Gasteiger charge is 2.26. The van der Waals surface area contributed by atoms with Crippen LogP contribution in [-0.4, -0.2) is 26.7 Å². The number of hydrogen-bond acceptors (Lipinski definition) is 3. The molecule has 0 amide bonds. The maximum absolute atomic E-state index is 12.3. The Morgan fingerprint density at radius 2 is 1.85 bits per heavy atom. The molecule has 0 aromatic heterocycles. The van der Waals surface area contributed by atoms with Gasteiger partial charge in [-0.1, -0.05) is 31.0 Å². The Labute approximate surface area is 121 Å². The SMILES string of the molecule is Cc1ccccc1S(=O)(=O)NCC1CCCCC1CO. The highest BCUT2D eigenvalue weighted by atomic mass is 32.2. The fourth-order valence-corrected chi connectivity index (χ4v) is 4.28. The number of rotatable bonds is 5. The molecule has 0 heterocycles. The lowest BCUT2D eigenvalue weighted by Gasteiger charge is -2.30. The van der Waals surface area contributed by atoms with E-state index in [1.165, 1.54) is 0 Å². The number of aryl methyl sites for hydroxylation is 1. The maximum atomic E-state index is 12.3. The normalized spacial score (nSPS) is 23.7. The fourth-order valence-electron chi connectivity index (χ4n) is 2.95. The number of nitrogens with one attached hydrogen (secondary N) is 1. The van der Waals surface area contributed by atoms with Crippen molar-refractivity contribution in [3.05, 3.63) is 29.8 Å². The molecule has 2 rings (SSSR count). The molecule has 0 saturated heterocycles. The Hall–Kier alpha value is -0.910. The molecule has 0 spiro atoms. The van der Waals surface area contributed by atoms with Crippen molar-refractivity contribution in [1.29, 1.82) is 0 Å². The zero-order chi connectivity index (χ0) is 14.6. The molecular weight excluding hydrogens is 274 g/mol. The zero-order valence-electron chi connectivity index (χ0n) is 11.9. The molecule has 112 valence electrons. The van der Waals surface area contributed by atoms with Gasteiger partial charge in [0.25, 0.3) is 0 Å². The van der Waals surface area contributed by atoms with E-state index >= 15 is 0 Å². The topological polar surface area (TPSA) is 66.4 Å². The molecule has 0 bridgehead atoms. The van der Waals surface area contributed by atoms with Gasteiger partial charge in [-0.25, -0.2) is 13.1 Å². The van der Waals surface area contributed by atoms with Crippen molar-refractivity contribution in [2.75, 3.05) is 13.2 Å². The van der Waals surface area contributed by atoms with Crippen LogP contribution in [0.4, 0.5) is 0 Å². The number of benzene rings is 1. The van der Waals surface area contributed by atoms with Gasteiger partial charge < -0.3 is 5.11 Å². The third-order valence-corrected chi connectivity index (χ3v) is 5.80. The molecule has 1 aromatic carbocycles. The summed E-state index contributed by atoms with van der Waals surface area (Å²) in [6.45, 7) is 2.37. The summed E-state index contributed by atoms with van der Waals surface area (Å²) in [7, 11) is -3.45. The van der Waals surface area contributed by atoms with E-state index in [4.69, 9.17) is 0 Å². The number of aliphatic hydroxyl groups excluding tert-OH is 1. The van der Waals surface area contributed by atoms with Crippen LogP contribution in [0.15, 0.2) is 29.2 Å². The fraction of sp³-hybridized carbons (Fsp3) is 0.600. The van der Waals surface area contributed by atoms with Gasteiger partial charge in [0.15, 0.2) is 0 Å².